The Morgan fingerprint density at radius 3 is 2.24 bits per heavy atom. The molecule has 3 heterocycles. The van der Waals surface area contributed by atoms with E-state index in [1.54, 1.807) is 11.3 Å². The Bertz CT molecular complexity index is 1510. The van der Waals surface area contributed by atoms with Crippen molar-refractivity contribution in [3.05, 3.63) is 119 Å². The summed E-state index contributed by atoms with van der Waals surface area (Å²) in [6.07, 6.45) is 2.97. The molecule has 0 fully saturated rings. The van der Waals surface area contributed by atoms with Gasteiger partial charge in [-0.2, -0.15) is 10.2 Å². The number of nitrogens with zero attached hydrogens (tertiary/aromatic N) is 4. The first-order chi connectivity index (χ1) is 18.7. The number of para-hydroxylation sites is 2. The summed E-state index contributed by atoms with van der Waals surface area (Å²) in [4.78, 5) is 1.21. The fourth-order valence-electron chi connectivity index (χ4n) is 4.70. The van der Waals surface area contributed by atoms with Crippen LogP contribution in [0.15, 0.2) is 114 Å². The van der Waals surface area contributed by atoms with Gasteiger partial charge in [0.05, 0.1) is 40.3 Å². The normalized spacial score (nSPS) is 15.2. The number of ether oxygens (including phenoxy) is 1. The molecule has 5 aromatic rings. The zero-order valence-electron chi connectivity index (χ0n) is 21.6. The van der Waals surface area contributed by atoms with E-state index in [-0.39, 0.29) is 6.04 Å². The predicted octanol–water partition coefficient (Wildman–Crippen LogP) is 7.99. The molecule has 0 saturated heterocycles. The first-order valence-corrected chi connectivity index (χ1v) is 13.9. The van der Waals surface area contributed by atoms with Crippen LogP contribution in [0.1, 0.15) is 36.8 Å². The molecule has 2 aromatic heterocycles. The van der Waals surface area contributed by atoms with Gasteiger partial charge >= 0.3 is 0 Å². The van der Waals surface area contributed by atoms with Gasteiger partial charge in [0.15, 0.2) is 0 Å². The second-order valence-electron chi connectivity index (χ2n) is 9.87. The summed E-state index contributed by atoms with van der Waals surface area (Å²) in [5.74, 6) is 1.35. The summed E-state index contributed by atoms with van der Waals surface area (Å²) in [6, 6.07) is 33.3. The Hall–Kier alpha value is -4.16. The lowest BCUT2D eigenvalue weighted by molar-refractivity contribution is 0.271. The minimum absolute atomic E-state index is 0.0128. The van der Waals surface area contributed by atoms with Crippen LogP contribution in [0.3, 0.4) is 0 Å². The Morgan fingerprint density at radius 2 is 1.58 bits per heavy atom. The number of thiophene rings is 1. The van der Waals surface area contributed by atoms with Crippen molar-refractivity contribution in [2.45, 2.75) is 26.3 Å². The maximum absolute atomic E-state index is 5.94. The van der Waals surface area contributed by atoms with Gasteiger partial charge in [0, 0.05) is 23.7 Å². The first kappa shape index (κ1) is 24.2. The smallest absolute Gasteiger partial charge is 0.119 e. The van der Waals surface area contributed by atoms with Gasteiger partial charge in [0.25, 0.3) is 0 Å². The van der Waals surface area contributed by atoms with E-state index in [0.717, 1.165) is 46.1 Å². The predicted molar refractivity (Wildman–Crippen MR) is 156 cm³/mol. The molecule has 6 heteroatoms. The molecule has 1 aliphatic heterocycles. The molecule has 0 spiro atoms. The number of anilines is 1. The molecule has 38 heavy (non-hydrogen) atoms. The first-order valence-electron chi connectivity index (χ1n) is 13.0. The van der Waals surface area contributed by atoms with Crippen LogP contribution in [-0.2, 0) is 0 Å². The molecule has 1 unspecified atom stereocenters. The summed E-state index contributed by atoms with van der Waals surface area (Å²) < 4.78 is 7.93. The summed E-state index contributed by atoms with van der Waals surface area (Å²) in [7, 11) is 0. The van der Waals surface area contributed by atoms with Crippen molar-refractivity contribution in [3.8, 4) is 22.7 Å². The highest BCUT2D eigenvalue weighted by Crippen LogP contribution is 2.41. The molecular weight excluding hydrogens is 488 g/mol. The zero-order chi connectivity index (χ0) is 25.9. The van der Waals surface area contributed by atoms with Gasteiger partial charge in [-0.3, -0.25) is 5.01 Å². The molecule has 6 rings (SSSR count). The minimum Gasteiger partial charge on any atom is -0.493 e. The van der Waals surface area contributed by atoms with Gasteiger partial charge in [-0.05, 0) is 65.9 Å². The number of hydrogen-bond acceptors (Lipinski definition) is 5. The molecule has 190 valence electrons. The molecule has 0 aliphatic carbocycles. The van der Waals surface area contributed by atoms with Crippen molar-refractivity contribution < 1.29 is 4.74 Å². The van der Waals surface area contributed by atoms with E-state index in [0.29, 0.717) is 12.5 Å². The lowest BCUT2D eigenvalue weighted by Crippen LogP contribution is -2.18. The van der Waals surface area contributed by atoms with E-state index in [9.17, 15) is 0 Å². The highest BCUT2D eigenvalue weighted by atomic mass is 32.1. The molecule has 0 radical (unpaired) electrons. The third-order valence-corrected chi connectivity index (χ3v) is 7.49. The number of hydrogen-bond donors (Lipinski definition) is 0. The van der Waals surface area contributed by atoms with E-state index in [1.807, 2.05) is 41.1 Å². The summed E-state index contributed by atoms with van der Waals surface area (Å²) in [5.41, 5.74) is 6.36. The number of hydrazone groups is 1. The second kappa shape index (κ2) is 10.7. The van der Waals surface area contributed by atoms with Crippen LogP contribution in [0, 0.1) is 5.92 Å². The lowest BCUT2D eigenvalue weighted by Gasteiger charge is -2.23. The molecule has 0 amide bonds. The summed E-state index contributed by atoms with van der Waals surface area (Å²) in [5, 5.41) is 14.5. The maximum atomic E-state index is 5.94. The van der Waals surface area contributed by atoms with E-state index < -0.39 is 0 Å². The van der Waals surface area contributed by atoms with E-state index in [2.05, 4.69) is 91.1 Å². The Morgan fingerprint density at radius 1 is 0.868 bits per heavy atom. The van der Waals surface area contributed by atoms with Crippen LogP contribution >= 0.6 is 11.3 Å². The quantitative estimate of drug-likeness (QED) is 0.209. The van der Waals surface area contributed by atoms with Crippen LogP contribution in [0.2, 0.25) is 0 Å². The number of aromatic nitrogens is 2. The van der Waals surface area contributed by atoms with Gasteiger partial charge in [-0.1, -0.05) is 56.3 Å². The molecule has 0 saturated carbocycles. The van der Waals surface area contributed by atoms with Gasteiger partial charge < -0.3 is 4.74 Å². The zero-order valence-corrected chi connectivity index (χ0v) is 22.4. The van der Waals surface area contributed by atoms with E-state index in [1.165, 1.54) is 4.88 Å². The minimum atomic E-state index is 0.0128. The molecule has 5 nitrogen and oxygen atoms in total. The topological polar surface area (TPSA) is 42.6 Å². The molecule has 3 aromatic carbocycles. The van der Waals surface area contributed by atoms with E-state index >= 15 is 0 Å². The van der Waals surface area contributed by atoms with Gasteiger partial charge in [-0.15, -0.1) is 11.3 Å². The van der Waals surface area contributed by atoms with Crippen LogP contribution in [-0.4, -0.2) is 22.1 Å². The SMILES string of the molecule is CC(C)COc1ccc(-c2nn(-c3ccccc3)cc2C2CC(c3cccs3)=NN2c2ccccc2)cc1. The Labute approximate surface area is 227 Å². The van der Waals surface area contributed by atoms with Crippen molar-refractivity contribution >= 4 is 22.7 Å². The second-order valence-corrected chi connectivity index (χ2v) is 10.8. The van der Waals surface area contributed by atoms with E-state index in [4.69, 9.17) is 14.9 Å². The van der Waals surface area contributed by atoms with Crippen molar-refractivity contribution in [2.75, 3.05) is 11.6 Å². The molecular formula is C32H30N4OS. The van der Waals surface area contributed by atoms with Crippen LogP contribution in [0.5, 0.6) is 5.75 Å². The highest BCUT2D eigenvalue weighted by Gasteiger charge is 2.34. The largest absolute Gasteiger partial charge is 0.493 e. The fraction of sp³-hybridized carbons (Fsp3) is 0.188. The highest BCUT2D eigenvalue weighted by molar-refractivity contribution is 7.12. The average Bonchev–Trinajstić information content (AvgIpc) is 3.73. The monoisotopic (exact) mass is 518 g/mol. The third kappa shape index (κ3) is 5.00. The van der Waals surface area contributed by atoms with Crippen molar-refractivity contribution in [1.82, 2.24) is 9.78 Å². The van der Waals surface area contributed by atoms with Crippen LogP contribution in [0.4, 0.5) is 5.69 Å². The molecule has 0 bridgehead atoms. The van der Waals surface area contributed by atoms with Crippen LogP contribution in [0.25, 0.3) is 16.9 Å². The Balaban J connectivity index is 1.43. The maximum Gasteiger partial charge on any atom is 0.119 e. The standard InChI is InChI=1S/C32H30N4OS/c1-23(2)22-37-27-17-15-24(16-18-27)32-28(21-35(34-32)25-10-5-3-6-11-25)30-20-29(31-14-9-19-38-31)33-36(30)26-12-7-4-8-13-26/h3-19,21,23,30H,20,22H2,1-2H3. The summed E-state index contributed by atoms with van der Waals surface area (Å²) in [6.45, 7) is 5.01. The average molecular weight is 519 g/mol. The van der Waals surface area contributed by atoms with Gasteiger partial charge in [-0.25, -0.2) is 4.68 Å². The lowest BCUT2D eigenvalue weighted by atomic mass is 9.98. The fourth-order valence-corrected chi connectivity index (χ4v) is 5.42. The van der Waals surface area contributed by atoms with Crippen molar-refractivity contribution in [1.29, 1.82) is 0 Å². The third-order valence-electron chi connectivity index (χ3n) is 6.57. The van der Waals surface area contributed by atoms with Crippen LogP contribution < -0.4 is 9.75 Å². The van der Waals surface area contributed by atoms with Gasteiger partial charge in [0.1, 0.15) is 5.75 Å². The van der Waals surface area contributed by atoms with Crippen molar-refractivity contribution in [2.24, 2.45) is 11.0 Å². The molecule has 1 atom stereocenters. The molecule has 0 N–H and O–H groups in total. The molecule has 1 aliphatic rings. The van der Waals surface area contributed by atoms with Crippen molar-refractivity contribution in [3.63, 3.8) is 0 Å². The number of benzene rings is 3. The summed E-state index contributed by atoms with van der Waals surface area (Å²) >= 11 is 1.73. The Kier molecular flexibility index (Phi) is 6.80. The van der Waals surface area contributed by atoms with Gasteiger partial charge in [0.2, 0.25) is 0 Å². The number of rotatable bonds is 8.